The second-order valence-corrected chi connectivity index (χ2v) is 4.23. The van der Waals surface area contributed by atoms with E-state index in [4.69, 9.17) is 10.2 Å². The summed E-state index contributed by atoms with van der Waals surface area (Å²) in [5, 5.41) is 18.9. The van der Waals surface area contributed by atoms with Crippen molar-refractivity contribution in [3.8, 4) is 0 Å². The Labute approximate surface area is 109 Å². The zero-order valence-corrected chi connectivity index (χ0v) is 11.1. The lowest BCUT2D eigenvalue weighted by Gasteiger charge is -2.11. The van der Waals surface area contributed by atoms with E-state index >= 15 is 0 Å². The first kappa shape index (κ1) is 17.0. The van der Waals surface area contributed by atoms with Crippen LogP contribution in [0.1, 0.15) is 25.3 Å². The van der Waals surface area contributed by atoms with Gasteiger partial charge < -0.3 is 15.5 Å². The lowest BCUT2D eigenvalue weighted by molar-refractivity contribution is 0.0210. The quantitative estimate of drug-likeness (QED) is 0.656. The molecule has 0 fully saturated rings. The summed E-state index contributed by atoms with van der Waals surface area (Å²) < 4.78 is 12.3. The second kappa shape index (κ2) is 11.1. The van der Waals surface area contributed by atoms with E-state index in [0.29, 0.717) is 0 Å². The molecule has 18 heavy (non-hydrogen) atoms. The third-order valence-corrected chi connectivity index (χ3v) is 2.58. The predicted molar refractivity (Wildman–Crippen MR) is 71.8 cm³/mol. The first-order valence-electron chi connectivity index (χ1n) is 6.20. The van der Waals surface area contributed by atoms with Crippen molar-refractivity contribution in [1.29, 1.82) is 0 Å². The van der Waals surface area contributed by atoms with E-state index in [2.05, 4.69) is 17.4 Å². The molecular weight excluding hydrogens is 233 g/mol. The largest absolute Gasteiger partial charge is 0.400 e. The molecule has 0 amide bonds. The highest BCUT2D eigenvalue weighted by Crippen LogP contribution is 2.10. The van der Waals surface area contributed by atoms with Gasteiger partial charge in [-0.05, 0) is 24.4 Å². The molecule has 4 heteroatoms. The van der Waals surface area contributed by atoms with Crippen LogP contribution in [0.2, 0.25) is 0 Å². The zero-order chi connectivity index (χ0) is 13.8. The van der Waals surface area contributed by atoms with Crippen LogP contribution < -0.4 is 5.32 Å². The molecule has 3 N–H and O–H groups in total. The van der Waals surface area contributed by atoms with Gasteiger partial charge in [0.1, 0.15) is 0 Å². The number of benzene rings is 1. The Morgan fingerprint density at radius 1 is 1.22 bits per heavy atom. The van der Waals surface area contributed by atoms with Gasteiger partial charge in [-0.1, -0.05) is 37.3 Å². The fourth-order valence-electron chi connectivity index (χ4n) is 1.63. The average molecular weight is 257 g/mol. The molecule has 0 saturated heterocycles. The van der Waals surface area contributed by atoms with Crippen LogP contribution in [0.5, 0.6) is 0 Å². The van der Waals surface area contributed by atoms with Crippen LogP contribution in [0.3, 0.4) is 0 Å². The Morgan fingerprint density at radius 3 is 2.39 bits per heavy atom. The lowest BCUT2D eigenvalue weighted by Crippen LogP contribution is -2.18. The molecule has 1 aromatic carbocycles. The summed E-state index contributed by atoms with van der Waals surface area (Å²) in [5.74, 6) is 0.211. The molecule has 104 valence electrons. The van der Waals surface area contributed by atoms with Crippen LogP contribution in [-0.4, -0.2) is 30.2 Å². The Hall–Kier alpha value is -0.970. The maximum atomic E-state index is 12.3. The highest BCUT2D eigenvalue weighted by molar-refractivity contribution is 5.14. The lowest BCUT2D eigenvalue weighted by atomic mass is 10.0. The van der Waals surface area contributed by atoms with Crippen molar-refractivity contribution in [3.05, 3.63) is 35.9 Å². The number of alkyl halides is 1. The molecule has 0 aromatic heterocycles. The van der Waals surface area contributed by atoms with Crippen LogP contribution in [0.15, 0.2) is 30.3 Å². The molecule has 0 heterocycles. The molecule has 0 saturated carbocycles. The number of hydrogen-bond acceptors (Lipinski definition) is 3. The fourth-order valence-corrected chi connectivity index (χ4v) is 1.63. The van der Waals surface area contributed by atoms with Gasteiger partial charge in [0.15, 0.2) is 6.36 Å². The number of aliphatic hydroxyl groups excluding tert-OH is 2. The summed E-state index contributed by atoms with van der Waals surface area (Å²) in [7, 11) is 1.00. The monoisotopic (exact) mass is 257 g/mol. The van der Waals surface area contributed by atoms with Gasteiger partial charge in [0.25, 0.3) is 0 Å². The van der Waals surface area contributed by atoms with Crippen molar-refractivity contribution >= 4 is 0 Å². The Morgan fingerprint density at radius 2 is 1.83 bits per heavy atom. The second-order valence-electron chi connectivity index (χ2n) is 4.23. The van der Waals surface area contributed by atoms with Gasteiger partial charge in [0.05, 0.1) is 0 Å². The maximum absolute atomic E-state index is 12.3. The summed E-state index contributed by atoms with van der Waals surface area (Å²) in [6, 6.07) is 10.2. The zero-order valence-electron chi connectivity index (χ0n) is 11.1. The topological polar surface area (TPSA) is 52.5 Å². The third kappa shape index (κ3) is 9.10. The molecular formula is C14H24FNO2. The van der Waals surface area contributed by atoms with Crippen molar-refractivity contribution in [1.82, 2.24) is 5.32 Å². The smallest absolute Gasteiger partial charge is 0.196 e. The molecule has 1 rings (SSSR count). The average Bonchev–Trinajstić information content (AvgIpc) is 2.37. The van der Waals surface area contributed by atoms with Gasteiger partial charge >= 0.3 is 0 Å². The van der Waals surface area contributed by atoms with Gasteiger partial charge in [0.2, 0.25) is 0 Å². The number of hydrogen-bond donors (Lipinski definition) is 3. The van der Waals surface area contributed by atoms with Gasteiger partial charge in [-0.3, -0.25) is 0 Å². The first-order chi connectivity index (χ1) is 8.68. The molecule has 0 aliphatic carbocycles. The Balaban J connectivity index is 0.00000137. The molecule has 0 spiro atoms. The van der Waals surface area contributed by atoms with E-state index in [1.165, 1.54) is 5.56 Å². The fraction of sp³-hybridized carbons (Fsp3) is 0.571. The van der Waals surface area contributed by atoms with E-state index in [1.807, 2.05) is 25.1 Å². The van der Waals surface area contributed by atoms with Crippen molar-refractivity contribution in [2.75, 3.05) is 13.7 Å². The Kier molecular flexibility index (Phi) is 10.5. The molecule has 3 nitrogen and oxygen atoms in total. The van der Waals surface area contributed by atoms with Gasteiger partial charge in [0, 0.05) is 20.1 Å². The molecule has 0 aliphatic heterocycles. The minimum atomic E-state index is -1.68. The maximum Gasteiger partial charge on any atom is 0.196 e. The van der Waals surface area contributed by atoms with Crippen LogP contribution >= 0.6 is 0 Å². The number of halogens is 1. The van der Waals surface area contributed by atoms with Crippen molar-refractivity contribution in [3.63, 3.8) is 0 Å². The normalized spacial score (nSPS) is 13.4. The standard InChI is InChI=1S/C13H20FNO.CH4O/c1-11(9-13(14)16)7-8-15-10-12-5-3-2-4-6-12;1-2/h2-6,11,13,15-16H,7-10H2,1H3;2H,1H3. The minimum Gasteiger partial charge on any atom is -0.400 e. The predicted octanol–water partition coefficient (Wildman–Crippen LogP) is 2.09. The van der Waals surface area contributed by atoms with Crippen LogP contribution in [-0.2, 0) is 6.54 Å². The van der Waals surface area contributed by atoms with Crippen molar-refractivity contribution < 1.29 is 14.6 Å². The Bertz CT molecular complexity index is 280. The van der Waals surface area contributed by atoms with E-state index in [1.54, 1.807) is 0 Å². The number of aliphatic hydroxyl groups is 2. The van der Waals surface area contributed by atoms with Crippen LogP contribution in [0.4, 0.5) is 4.39 Å². The van der Waals surface area contributed by atoms with E-state index in [-0.39, 0.29) is 12.3 Å². The molecule has 2 atom stereocenters. The molecule has 1 aromatic rings. The van der Waals surface area contributed by atoms with E-state index < -0.39 is 6.36 Å². The minimum absolute atomic E-state index is 0.211. The number of rotatable bonds is 7. The van der Waals surface area contributed by atoms with Crippen molar-refractivity contribution in [2.24, 2.45) is 5.92 Å². The van der Waals surface area contributed by atoms with Gasteiger partial charge in [-0.15, -0.1) is 0 Å². The molecule has 0 aliphatic rings. The summed E-state index contributed by atoms with van der Waals surface area (Å²) in [4.78, 5) is 0. The van der Waals surface area contributed by atoms with Crippen LogP contribution in [0.25, 0.3) is 0 Å². The third-order valence-electron chi connectivity index (χ3n) is 2.58. The van der Waals surface area contributed by atoms with E-state index in [0.717, 1.165) is 26.6 Å². The SMILES string of the molecule is CC(CCNCc1ccccc1)CC(O)F.CO. The van der Waals surface area contributed by atoms with Gasteiger partial charge in [-0.2, -0.15) is 0 Å². The molecule has 2 unspecified atom stereocenters. The summed E-state index contributed by atoms with van der Waals surface area (Å²) in [5.41, 5.74) is 1.25. The summed E-state index contributed by atoms with van der Waals surface area (Å²) in [6.45, 7) is 3.64. The first-order valence-corrected chi connectivity index (χ1v) is 6.20. The number of nitrogens with one attached hydrogen (secondary N) is 1. The highest BCUT2D eigenvalue weighted by Gasteiger charge is 2.07. The molecule has 0 radical (unpaired) electrons. The molecule has 0 bridgehead atoms. The van der Waals surface area contributed by atoms with Gasteiger partial charge in [-0.25, -0.2) is 4.39 Å². The highest BCUT2D eigenvalue weighted by atomic mass is 19.1. The van der Waals surface area contributed by atoms with E-state index in [9.17, 15) is 4.39 Å². The van der Waals surface area contributed by atoms with Crippen molar-refractivity contribution in [2.45, 2.75) is 32.7 Å². The summed E-state index contributed by atoms with van der Waals surface area (Å²) >= 11 is 0. The summed E-state index contributed by atoms with van der Waals surface area (Å²) in [6.07, 6.45) is -0.565. The van der Waals surface area contributed by atoms with Crippen LogP contribution in [0, 0.1) is 5.92 Å².